The largest absolute Gasteiger partial charge is 0.457 e. The number of furan rings is 1. The third-order valence-electron chi connectivity index (χ3n) is 4.34. The quantitative estimate of drug-likeness (QED) is 0.456. The fourth-order valence-corrected chi connectivity index (χ4v) is 4.24. The van der Waals surface area contributed by atoms with E-state index >= 15 is 0 Å². The molecule has 4 rings (SSSR count). The number of hydrogen-bond donors (Lipinski definition) is 1. The molecule has 0 aliphatic carbocycles. The lowest BCUT2D eigenvalue weighted by Crippen LogP contribution is -2.19. The van der Waals surface area contributed by atoms with Gasteiger partial charge in [-0.1, -0.05) is 48.3 Å². The van der Waals surface area contributed by atoms with Crippen molar-refractivity contribution in [2.45, 2.75) is 13.3 Å². The van der Waals surface area contributed by atoms with Crippen molar-refractivity contribution in [3.8, 4) is 11.3 Å². The standard InChI is InChI=1S/C22H16Cl2N2O2S/c1-2-13-6-8-14(9-7-13)25-22-26-21(27)19(29-22)12-15-10-11-18(28-15)20-16(23)4-3-5-17(20)24/h3-12H,2H2,1H3,(H,25,26,27). The molecular weight excluding hydrogens is 427 g/mol. The Labute approximate surface area is 182 Å². The van der Waals surface area contributed by atoms with Crippen LogP contribution in [0.15, 0.2) is 68.9 Å². The molecule has 1 aliphatic heterocycles. The van der Waals surface area contributed by atoms with Crippen LogP contribution in [-0.2, 0) is 11.2 Å². The van der Waals surface area contributed by atoms with Crippen LogP contribution in [0.5, 0.6) is 0 Å². The maximum absolute atomic E-state index is 12.3. The molecule has 1 fully saturated rings. The number of amides is 1. The van der Waals surface area contributed by atoms with Crippen LogP contribution < -0.4 is 5.32 Å². The molecule has 0 atom stereocenters. The summed E-state index contributed by atoms with van der Waals surface area (Å²) in [5.74, 6) is 0.857. The molecule has 0 radical (unpaired) electrons. The van der Waals surface area contributed by atoms with Gasteiger partial charge in [-0.3, -0.25) is 4.79 Å². The van der Waals surface area contributed by atoms with Crippen molar-refractivity contribution in [3.63, 3.8) is 0 Å². The second-order valence-corrected chi connectivity index (χ2v) is 8.15. The zero-order chi connectivity index (χ0) is 20.4. The molecule has 3 aromatic rings. The van der Waals surface area contributed by atoms with Gasteiger partial charge in [-0.25, -0.2) is 4.99 Å². The topological polar surface area (TPSA) is 54.6 Å². The summed E-state index contributed by atoms with van der Waals surface area (Å²) in [6, 6.07) is 16.8. The molecule has 1 amide bonds. The number of rotatable bonds is 4. The number of thioether (sulfide) groups is 1. The van der Waals surface area contributed by atoms with Gasteiger partial charge in [0.1, 0.15) is 11.5 Å². The van der Waals surface area contributed by atoms with Gasteiger partial charge in [0.25, 0.3) is 5.91 Å². The summed E-state index contributed by atoms with van der Waals surface area (Å²) in [6.07, 6.45) is 2.65. The Morgan fingerprint density at radius 1 is 1.07 bits per heavy atom. The number of carbonyl (C=O) groups is 1. The zero-order valence-corrected chi connectivity index (χ0v) is 17.7. The summed E-state index contributed by atoms with van der Waals surface area (Å²) in [4.78, 5) is 17.3. The van der Waals surface area contributed by atoms with Crippen LogP contribution >= 0.6 is 35.0 Å². The molecule has 1 N–H and O–H groups in total. The van der Waals surface area contributed by atoms with Crippen LogP contribution in [-0.4, -0.2) is 11.1 Å². The molecule has 1 aliphatic rings. The number of nitrogens with zero attached hydrogens (tertiary/aromatic N) is 1. The first-order valence-electron chi connectivity index (χ1n) is 8.96. The third kappa shape index (κ3) is 4.42. The second-order valence-electron chi connectivity index (χ2n) is 6.30. The van der Waals surface area contributed by atoms with E-state index in [1.807, 2.05) is 24.3 Å². The van der Waals surface area contributed by atoms with E-state index in [9.17, 15) is 4.79 Å². The van der Waals surface area contributed by atoms with Gasteiger partial charge in [0.2, 0.25) is 0 Å². The minimum absolute atomic E-state index is 0.215. The maximum Gasteiger partial charge on any atom is 0.264 e. The Morgan fingerprint density at radius 2 is 1.79 bits per heavy atom. The molecule has 0 bridgehead atoms. The summed E-state index contributed by atoms with van der Waals surface area (Å²) in [5.41, 5.74) is 2.66. The van der Waals surface area contributed by atoms with Crippen LogP contribution in [0.1, 0.15) is 18.2 Å². The number of aliphatic imine (C=N–C) groups is 1. The highest BCUT2D eigenvalue weighted by Crippen LogP contribution is 2.36. The van der Waals surface area contributed by atoms with Crippen LogP contribution in [0.4, 0.5) is 5.69 Å². The second kappa shape index (κ2) is 8.49. The van der Waals surface area contributed by atoms with Gasteiger partial charge in [0.15, 0.2) is 5.17 Å². The molecule has 7 heteroatoms. The van der Waals surface area contributed by atoms with Gasteiger partial charge in [0.05, 0.1) is 26.2 Å². The fraction of sp³-hybridized carbons (Fsp3) is 0.0909. The minimum atomic E-state index is -0.215. The van der Waals surface area contributed by atoms with E-state index in [0.717, 1.165) is 12.1 Å². The maximum atomic E-state index is 12.3. The molecule has 0 unspecified atom stereocenters. The number of hydrogen-bond acceptors (Lipinski definition) is 4. The number of benzene rings is 2. The first-order valence-corrected chi connectivity index (χ1v) is 10.5. The Bertz CT molecular complexity index is 1110. The molecule has 2 heterocycles. The number of nitrogens with one attached hydrogen (secondary N) is 1. The Kier molecular flexibility index (Phi) is 5.81. The van der Waals surface area contributed by atoms with E-state index in [1.54, 1.807) is 36.4 Å². The smallest absolute Gasteiger partial charge is 0.264 e. The highest BCUT2D eigenvalue weighted by Gasteiger charge is 2.24. The molecular formula is C22H16Cl2N2O2S. The highest BCUT2D eigenvalue weighted by atomic mass is 35.5. The van der Waals surface area contributed by atoms with Crippen molar-refractivity contribution in [2.24, 2.45) is 4.99 Å². The average molecular weight is 443 g/mol. The van der Waals surface area contributed by atoms with E-state index in [0.29, 0.717) is 37.2 Å². The summed E-state index contributed by atoms with van der Waals surface area (Å²) in [5, 5.41) is 4.32. The van der Waals surface area contributed by atoms with Gasteiger partial charge < -0.3 is 9.73 Å². The molecule has 29 heavy (non-hydrogen) atoms. The van der Waals surface area contributed by atoms with Crippen LogP contribution in [0.25, 0.3) is 17.4 Å². The van der Waals surface area contributed by atoms with Crippen molar-refractivity contribution in [1.29, 1.82) is 0 Å². The minimum Gasteiger partial charge on any atom is -0.457 e. The first-order chi connectivity index (χ1) is 14.0. The lowest BCUT2D eigenvalue weighted by Gasteiger charge is -2.02. The predicted molar refractivity (Wildman–Crippen MR) is 121 cm³/mol. The van der Waals surface area contributed by atoms with Gasteiger partial charge in [0, 0.05) is 6.08 Å². The van der Waals surface area contributed by atoms with Crippen molar-refractivity contribution in [2.75, 3.05) is 0 Å². The Balaban J connectivity index is 1.55. The fourth-order valence-electron chi connectivity index (χ4n) is 2.83. The molecule has 2 aromatic carbocycles. The molecule has 0 spiro atoms. The molecule has 1 aromatic heterocycles. The Morgan fingerprint density at radius 3 is 2.48 bits per heavy atom. The van der Waals surface area contributed by atoms with Crippen LogP contribution in [0, 0.1) is 0 Å². The summed E-state index contributed by atoms with van der Waals surface area (Å²) < 4.78 is 5.84. The third-order valence-corrected chi connectivity index (χ3v) is 5.88. The van der Waals surface area contributed by atoms with Gasteiger partial charge >= 0.3 is 0 Å². The van der Waals surface area contributed by atoms with Crippen molar-refractivity contribution in [3.05, 3.63) is 80.9 Å². The molecule has 0 saturated carbocycles. The van der Waals surface area contributed by atoms with Crippen molar-refractivity contribution < 1.29 is 9.21 Å². The molecule has 4 nitrogen and oxygen atoms in total. The number of carbonyl (C=O) groups excluding carboxylic acids is 1. The lowest BCUT2D eigenvalue weighted by molar-refractivity contribution is -0.115. The van der Waals surface area contributed by atoms with Gasteiger partial charge in [-0.2, -0.15) is 0 Å². The van der Waals surface area contributed by atoms with E-state index in [-0.39, 0.29) is 5.91 Å². The van der Waals surface area contributed by atoms with Crippen LogP contribution in [0.2, 0.25) is 10.0 Å². The SMILES string of the molecule is CCc1ccc(N=C2NC(=O)C(=Cc3ccc(-c4c(Cl)cccc4Cl)o3)S2)cc1. The lowest BCUT2D eigenvalue weighted by atomic mass is 10.2. The zero-order valence-electron chi connectivity index (χ0n) is 15.4. The van der Waals surface area contributed by atoms with E-state index in [4.69, 9.17) is 27.6 Å². The van der Waals surface area contributed by atoms with Gasteiger partial charge in [-0.15, -0.1) is 0 Å². The predicted octanol–water partition coefficient (Wildman–Crippen LogP) is 6.71. The van der Waals surface area contributed by atoms with Gasteiger partial charge in [-0.05, 0) is 60.1 Å². The summed E-state index contributed by atoms with van der Waals surface area (Å²) >= 11 is 13.7. The average Bonchev–Trinajstić information content (AvgIpc) is 3.29. The van der Waals surface area contributed by atoms with Crippen molar-refractivity contribution in [1.82, 2.24) is 5.32 Å². The number of halogens is 2. The van der Waals surface area contributed by atoms with Crippen LogP contribution in [0.3, 0.4) is 0 Å². The van der Waals surface area contributed by atoms with E-state index in [1.165, 1.54) is 17.3 Å². The van der Waals surface area contributed by atoms with E-state index in [2.05, 4.69) is 17.2 Å². The number of amidine groups is 1. The number of aryl methyl sites for hydroxylation is 1. The van der Waals surface area contributed by atoms with E-state index < -0.39 is 0 Å². The summed E-state index contributed by atoms with van der Waals surface area (Å²) in [6.45, 7) is 2.10. The molecule has 1 saturated heterocycles. The highest BCUT2D eigenvalue weighted by molar-refractivity contribution is 8.18. The first kappa shape index (κ1) is 19.8. The normalized spacial score (nSPS) is 16.6. The monoisotopic (exact) mass is 442 g/mol. The Hall–Kier alpha value is -2.47. The van der Waals surface area contributed by atoms with Crippen molar-refractivity contribution >= 4 is 57.8 Å². The summed E-state index contributed by atoms with van der Waals surface area (Å²) in [7, 11) is 0. The molecule has 146 valence electrons.